The number of hydrogen-bond acceptors (Lipinski definition) is 5. The van der Waals surface area contributed by atoms with Gasteiger partial charge in [0.25, 0.3) is 0 Å². The first kappa shape index (κ1) is 32.5. The molecule has 2 N–H and O–H groups in total. The number of ether oxygens (including phenoxy) is 1. The van der Waals surface area contributed by atoms with Gasteiger partial charge in [0.1, 0.15) is 5.75 Å². The highest BCUT2D eigenvalue weighted by Crippen LogP contribution is 2.42. The zero-order valence-corrected chi connectivity index (χ0v) is 26.3. The van der Waals surface area contributed by atoms with Crippen molar-refractivity contribution in [3.05, 3.63) is 69.8 Å². The lowest BCUT2D eigenvalue weighted by Gasteiger charge is -2.28. The topological polar surface area (TPSA) is 87.5 Å². The summed E-state index contributed by atoms with van der Waals surface area (Å²) in [5.74, 6) is -0.0275. The lowest BCUT2D eigenvalue weighted by Crippen LogP contribution is -2.20. The highest BCUT2D eigenvalue weighted by Gasteiger charge is 2.36. The Morgan fingerprint density at radius 1 is 0.974 bits per heavy atom. The molecule has 6 heteroatoms. The molecule has 2 aromatic carbocycles. The fraction of sp³-hybridized carbons (Fsp3) is 0.485. The largest absolute Gasteiger partial charge is 0.507 e. The minimum absolute atomic E-state index is 0. The Morgan fingerprint density at radius 2 is 1.51 bits per heavy atom. The second-order valence-electron chi connectivity index (χ2n) is 12.6. The van der Waals surface area contributed by atoms with Crippen molar-refractivity contribution >= 4 is 40.5 Å². The van der Waals surface area contributed by atoms with E-state index in [0.29, 0.717) is 16.8 Å². The van der Waals surface area contributed by atoms with E-state index in [-0.39, 0.29) is 63.6 Å². The maximum Gasteiger partial charge on any atom is 0.337 e. The molecule has 0 bridgehead atoms. The zero-order chi connectivity index (χ0) is 28.4. The van der Waals surface area contributed by atoms with Crippen molar-refractivity contribution in [1.29, 1.82) is 5.41 Å². The molecule has 1 aliphatic rings. The molecule has 39 heavy (non-hydrogen) atoms. The number of phenols is 1. The number of rotatable bonds is 7. The molecule has 0 aliphatic heterocycles. The minimum atomic E-state index is -0.376. The summed E-state index contributed by atoms with van der Waals surface area (Å²) in [5, 5.41) is 20.0. The zero-order valence-electron chi connectivity index (χ0n) is 24.6. The van der Waals surface area contributed by atoms with Crippen molar-refractivity contribution < 1.29 is 19.4 Å². The van der Waals surface area contributed by atoms with Crippen LogP contribution in [0.15, 0.2) is 42.0 Å². The molecule has 2 atom stereocenters. The normalized spacial score (nSPS) is 18.7. The van der Waals surface area contributed by atoms with Gasteiger partial charge in [-0.2, -0.15) is 0 Å². The van der Waals surface area contributed by atoms with Crippen LogP contribution in [0.2, 0.25) is 0 Å². The standard InChI is InChI=1S/C33H43NO4.BrH/c1-9-10-22-16-24(29(34)25(22)15-20-11-13-21(14-12-20)31(37)38-8)19-28(35)23-17-26(32(2,3)4)30(36)27(18-23)33(5,6)7;/h11-15,17-18,22,24,34,36H,9-10,16,19H2,1-8H3;1H. The quantitative estimate of drug-likeness (QED) is 0.247. The van der Waals surface area contributed by atoms with E-state index in [1.165, 1.54) is 7.11 Å². The average molecular weight is 599 g/mol. The maximum absolute atomic E-state index is 13.6. The SMILES string of the molecule is Br.CCCC1CC(CC(=O)c2cc(C(C)(C)C)c(O)c(C(C)(C)C)c2)C(=N)C1=Cc1ccc(C(=O)OC)cc1. The van der Waals surface area contributed by atoms with Crippen LogP contribution in [0.5, 0.6) is 5.75 Å². The van der Waals surface area contributed by atoms with Crippen molar-refractivity contribution in [2.45, 2.75) is 85.0 Å². The third-order valence-electron chi connectivity index (χ3n) is 7.50. The van der Waals surface area contributed by atoms with E-state index in [1.807, 2.05) is 71.9 Å². The molecule has 1 aliphatic carbocycles. The van der Waals surface area contributed by atoms with Crippen LogP contribution in [0.4, 0.5) is 0 Å². The third kappa shape index (κ3) is 7.47. The molecular weight excluding hydrogens is 554 g/mol. The Bertz CT molecular complexity index is 1210. The molecule has 5 nitrogen and oxygen atoms in total. The molecule has 212 valence electrons. The second kappa shape index (κ2) is 12.6. The van der Waals surface area contributed by atoms with Gasteiger partial charge in [-0.25, -0.2) is 4.79 Å². The van der Waals surface area contributed by atoms with E-state index in [0.717, 1.165) is 41.5 Å². The summed E-state index contributed by atoms with van der Waals surface area (Å²) >= 11 is 0. The number of benzene rings is 2. The molecule has 0 heterocycles. The fourth-order valence-electron chi connectivity index (χ4n) is 5.34. The predicted molar refractivity (Wildman–Crippen MR) is 165 cm³/mol. The first-order valence-corrected chi connectivity index (χ1v) is 13.6. The van der Waals surface area contributed by atoms with E-state index in [9.17, 15) is 14.7 Å². The Kier molecular flexibility index (Phi) is 10.5. The lowest BCUT2D eigenvalue weighted by atomic mass is 9.77. The molecule has 0 amide bonds. The number of methoxy groups -OCH3 is 1. The number of carbonyl (C=O) groups excluding carboxylic acids is 2. The van der Waals surface area contributed by atoms with Crippen molar-refractivity contribution in [3.8, 4) is 5.75 Å². The molecule has 2 unspecified atom stereocenters. The summed E-state index contributed by atoms with van der Waals surface area (Å²) in [7, 11) is 1.36. The van der Waals surface area contributed by atoms with Gasteiger partial charge in [-0.1, -0.05) is 67.0 Å². The Balaban J connectivity index is 0.00000533. The number of allylic oxidation sites excluding steroid dienone is 1. The Labute approximate surface area is 244 Å². The van der Waals surface area contributed by atoms with E-state index in [1.54, 1.807) is 12.1 Å². The predicted octanol–water partition coefficient (Wildman–Crippen LogP) is 8.46. The van der Waals surface area contributed by atoms with E-state index < -0.39 is 0 Å². The number of nitrogens with one attached hydrogen (secondary N) is 1. The van der Waals surface area contributed by atoms with Gasteiger partial charge in [-0.15, -0.1) is 17.0 Å². The van der Waals surface area contributed by atoms with Gasteiger partial charge in [0, 0.05) is 34.7 Å². The van der Waals surface area contributed by atoms with Crippen LogP contribution in [-0.2, 0) is 15.6 Å². The summed E-state index contributed by atoms with van der Waals surface area (Å²) in [5.41, 5.74) is 4.44. The summed E-state index contributed by atoms with van der Waals surface area (Å²) in [6, 6.07) is 10.9. The van der Waals surface area contributed by atoms with Gasteiger partial charge in [0.15, 0.2) is 5.78 Å². The van der Waals surface area contributed by atoms with E-state index in [2.05, 4.69) is 6.92 Å². The number of esters is 1. The summed E-state index contributed by atoms with van der Waals surface area (Å²) < 4.78 is 4.79. The summed E-state index contributed by atoms with van der Waals surface area (Å²) in [4.78, 5) is 25.4. The number of Topliss-reactive ketones (excluding diaryl/α,β-unsaturated/α-hetero) is 1. The van der Waals surface area contributed by atoms with E-state index >= 15 is 0 Å². The number of phenolic OH excluding ortho intramolecular Hbond substituents is 1. The van der Waals surface area contributed by atoms with Crippen LogP contribution in [0.25, 0.3) is 6.08 Å². The molecule has 0 aromatic heterocycles. The van der Waals surface area contributed by atoms with Crippen molar-refractivity contribution in [2.75, 3.05) is 7.11 Å². The molecule has 2 aromatic rings. The van der Waals surface area contributed by atoms with E-state index in [4.69, 9.17) is 10.1 Å². The van der Waals surface area contributed by atoms with Crippen molar-refractivity contribution in [3.63, 3.8) is 0 Å². The van der Waals surface area contributed by atoms with Gasteiger partial charge in [-0.3, -0.25) is 4.79 Å². The van der Waals surface area contributed by atoms with Crippen molar-refractivity contribution in [1.82, 2.24) is 0 Å². The summed E-state index contributed by atoms with van der Waals surface area (Å²) in [6.45, 7) is 14.4. The van der Waals surface area contributed by atoms with Gasteiger partial charge in [-0.05, 0) is 71.1 Å². The molecule has 1 fully saturated rings. The van der Waals surface area contributed by atoms with Crippen LogP contribution < -0.4 is 0 Å². The van der Waals surface area contributed by atoms with Crippen LogP contribution in [-0.4, -0.2) is 29.7 Å². The van der Waals surface area contributed by atoms with Gasteiger partial charge in [0.2, 0.25) is 0 Å². The average Bonchev–Trinajstić information content (AvgIpc) is 3.11. The number of aromatic hydroxyl groups is 1. The maximum atomic E-state index is 13.6. The monoisotopic (exact) mass is 597 g/mol. The number of halogens is 1. The lowest BCUT2D eigenvalue weighted by molar-refractivity contribution is 0.0600. The molecular formula is C33H44BrNO4. The number of hydrogen-bond donors (Lipinski definition) is 2. The molecule has 3 rings (SSSR count). The Hall–Kier alpha value is -2.73. The molecule has 0 spiro atoms. The van der Waals surface area contributed by atoms with Crippen molar-refractivity contribution in [2.24, 2.45) is 11.8 Å². The molecule has 1 saturated carbocycles. The van der Waals surface area contributed by atoms with Crippen LogP contribution in [0.1, 0.15) is 112 Å². The highest BCUT2D eigenvalue weighted by molar-refractivity contribution is 8.93. The fourth-order valence-corrected chi connectivity index (χ4v) is 5.34. The van der Waals surface area contributed by atoms with Gasteiger partial charge in [0.05, 0.1) is 12.7 Å². The van der Waals surface area contributed by atoms with Crippen LogP contribution >= 0.6 is 17.0 Å². The van der Waals surface area contributed by atoms with Gasteiger partial charge < -0.3 is 15.3 Å². The third-order valence-corrected chi connectivity index (χ3v) is 7.50. The molecule has 0 saturated heterocycles. The number of carbonyl (C=O) groups is 2. The van der Waals surface area contributed by atoms with Crippen LogP contribution in [0, 0.1) is 17.2 Å². The molecule has 0 radical (unpaired) electrons. The van der Waals surface area contributed by atoms with Gasteiger partial charge >= 0.3 is 5.97 Å². The second-order valence-corrected chi connectivity index (χ2v) is 12.6. The first-order valence-electron chi connectivity index (χ1n) is 13.6. The Morgan fingerprint density at radius 3 is 1.97 bits per heavy atom. The summed E-state index contributed by atoms with van der Waals surface area (Å²) in [6.07, 6.45) is 5.04. The highest BCUT2D eigenvalue weighted by atomic mass is 79.9. The van der Waals surface area contributed by atoms with Crippen LogP contribution in [0.3, 0.4) is 0 Å². The minimum Gasteiger partial charge on any atom is -0.507 e. The number of ketones is 1. The smallest absolute Gasteiger partial charge is 0.337 e. The first-order chi connectivity index (χ1) is 17.7.